The fourth-order valence-electron chi connectivity index (χ4n) is 4.49. The Balaban J connectivity index is 1.11. The summed E-state index contributed by atoms with van der Waals surface area (Å²) in [5.41, 5.74) is 3.14. The van der Waals surface area contributed by atoms with E-state index in [1.165, 1.54) is 0 Å². The molecule has 3 N–H and O–H groups in total. The van der Waals surface area contributed by atoms with Gasteiger partial charge in [-0.1, -0.05) is 11.6 Å². The number of nitrogens with one attached hydrogen (secondary N) is 3. The number of rotatable bonds is 5. The van der Waals surface area contributed by atoms with Crippen LogP contribution in [0.5, 0.6) is 0 Å². The van der Waals surface area contributed by atoms with Gasteiger partial charge in [0, 0.05) is 53.5 Å². The Kier molecular flexibility index (Phi) is 5.85. The van der Waals surface area contributed by atoms with Crippen molar-refractivity contribution in [3.05, 3.63) is 53.8 Å². The van der Waals surface area contributed by atoms with Crippen LogP contribution in [-0.4, -0.2) is 64.8 Å². The number of hydrogen-bond acceptors (Lipinski definition) is 6. The molecule has 0 atom stereocenters. The first-order valence-corrected chi connectivity index (χ1v) is 14.1. The molecule has 2 aliphatic rings. The van der Waals surface area contributed by atoms with E-state index in [9.17, 15) is 8.42 Å². The lowest BCUT2D eigenvalue weighted by Gasteiger charge is -2.37. The van der Waals surface area contributed by atoms with Crippen molar-refractivity contribution in [1.29, 1.82) is 0 Å². The third-order valence-electron chi connectivity index (χ3n) is 6.56. The first-order valence-electron chi connectivity index (χ1n) is 11.7. The van der Waals surface area contributed by atoms with Crippen molar-refractivity contribution in [3.8, 4) is 0 Å². The van der Waals surface area contributed by atoms with Gasteiger partial charge in [0.1, 0.15) is 17.8 Å². The van der Waals surface area contributed by atoms with Crippen LogP contribution >= 0.6 is 23.8 Å². The van der Waals surface area contributed by atoms with Crippen LogP contribution < -0.4 is 14.9 Å². The number of aromatic amines is 1. The Bertz CT molecular complexity index is 1560. The van der Waals surface area contributed by atoms with E-state index in [-0.39, 0.29) is 5.25 Å². The van der Waals surface area contributed by atoms with Crippen molar-refractivity contribution in [2.45, 2.75) is 18.1 Å². The molecule has 3 heterocycles. The molecule has 1 aliphatic carbocycles. The Hall–Kier alpha value is -3.15. The summed E-state index contributed by atoms with van der Waals surface area (Å²) in [6.45, 7) is 2.98. The van der Waals surface area contributed by atoms with Gasteiger partial charge in [-0.25, -0.2) is 18.4 Å². The van der Waals surface area contributed by atoms with Gasteiger partial charge in [0.2, 0.25) is 10.0 Å². The van der Waals surface area contributed by atoms with Gasteiger partial charge < -0.3 is 20.1 Å². The molecule has 0 radical (unpaired) electrons. The third kappa shape index (κ3) is 4.54. The summed E-state index contributed by atoms with van der Waals surface area (Å²) in [7, 11) is -3.27. The molecule has 1 aliphatic heterocycles. The van der Waals surface area contributed by atoms with Gasteiger partial charge in [0.15, 0.2) is 5.11 Å². The van der Waals surface area contributed by atoms with Gasteiger partial charge in [-0.15, -0.1) is 0 Å². The van der Waals surface area contributed by atoms with Gasteiger partial charge in [0.25, 0.3) is 0 Å². The van der Waals surface area contributed by atoms with E-state index >= 15 is 0 Å². The van der Waals surface area contributed by atoms with Crippen molar-refractivity contribution >= 4 is 78.1 Å². The monoisotopic (exact) mass is 541 g/mol. The zero-order valence-electron chi connectivity index (χ0n) is 19.2. The van der Waals surface area contributed by atoms with Crippen LogP contribution in [0.4, 0.5) is 17.2 Å². The van der Waals surface area contributed by atoms with Crippen molar-refractivity contribution in [2.24, 2.45) is 0 Å². The molecule has 0 unspecified atom stereocenters. The summed E-state index contributed by atoms with van der Waals surface area (Å²) < 4.78 is 26.9. The normalized spacial score (nSPS) is 16.5. The predicted octanol–water partition coefficient (Wildman–Crippen LogP) is 4.19. The van der Waals surface area contributed by atoms with E-state index in [0.717, 1.165) is 72.5 Å². The lowest BCUT2D eigenvalue weighted by molar-refractivity contribution is 0.390. The van der Waals surface area contributed by atoms with E-state index in [0.29, 0.717) is 15.8 Å². The number of hydrogen-bond donors (Lipinski definition) is 3. The summed E-state index contributed by atoms with van der Waals surface area (Å²) >= 11 is 11.9. The van der Waals surface area contributed by atoms with Crippen LogP contribution in [-0.2, 0) is 10.0 Å². The Labute approximate surface area is 218 Å². The molecule has 6 rings (SSSR count). The summed E-state index contributed by atoms with van der Waals surface area (Å²) in [5.74, 6) is 0.885. The molecular weight excluding hydrogens is 518 g/mol. The molecule has 12 heteroatoms. The number of benzene rings is 2. The molecule has 0 amide bonds. The van der Waals surface area contributed by atoms with Crippen molar-refractivity contribution in [1.82, 2.24) is 19.9 Å². The summed E-state index contributed by atoms with van der Waals surface area (Å²) in [4.78, 5) is 16.7. The summed E-state index contributed by atoms with van der Waals surface area (Å²) in [5, 5.41) is 6.30. The maximum atomic E-state index is 12.1. The number of sulfonamides is 1. The van der Waals surface area contributed by atoms with Crippen LogP contribution in [0.25, 0.3) is 21.9 Å². The topological polar surface area (TPSA) is 106 Å². The summed E-state index contributed by atoms with van der Waals surface area (Å²) in [6.07, 6.45) is 3.05. The Morgan fingerprint density at radius 3 is 2.47 bits per heavy atom. The molecular formula is C24H24ClN7O2S2. The Morgan fingerprint density at radius 2 is 1.75 bits per heavy atom. The molecule has 2 fully saturated rings. The minimum absolute atomic E-state index is 0.256. The minimum Gasteiger partial charge on any atom is -0.352 e. The van der Waals surface area contributed by atoms with E-state index in [1.807, 2.05) is 30.3 Å². The molecule has 1 saturated heterocycles. The number of piperazine rings is 1. The molecule has 36 heavy (non-hydrogen) atoms. The van der Waals surface area contributed by atoms with Crippen molar-refractivity contribution < 1.29 is 8.42 Å². The van der Waals surface area contributed by atoms with Gasteiger partial charge in [0.05, 0.1) is 10.6 Å². The molecule has 0 bridgehead atoms. The number of nitrogens with zero attached hydrogens (tertiary/aromatic N) is 4. The molecule has 2 aromatic carbocycles. The second-order valence-corrected chi connectivity index (χ2v) is 11.8. The number of aromatic nitrogens is 3. The van der Waals surface area contributed by atoms with Gasteiger partial charge in [-0.3, -0.25) is 4.72 Å². The average molecular weight is 542 g/mol. The first kappa shape index (κ1) is 23.3. The number of fused-ring (bicyclic) bond motifs is 3. The van der Waals surface area contributed by atoms with E-state index < -0.39 is 10.0 Å². The van der Waals surface area contributed by atoms with Crippen LogP contribution in [0.15, 0.2) is 48.8 Å². The predicted molar refractivity (Wildman–Crippen MR) is 148 cm³/mol. The lowest BCUT2D eigenvalue weighted by Crippen LogP contribution is -2.50. The lowest BCUT2D eigenvalue weighted by atomic mass is 10.2. The van der Waals surface area contributed by atoms with Gasteiger partial charge >= 0.3 is 0 Å². The van der Waals surface area contributed by atoms with E-state index in [1.54, 1.807) is 18.5 Å². The van der Waals surface area contributed by atoms with Gasteiger partial charge in [-0.05, 0) is 67.5 Å². The third-order valence-corrected chi connectivity index (χ3v) is 9.02. The highest BCUT2D eigenvalue weighted by Crippen LogP contribution is 2.33. The van der Waals surface area contributed by atoms with Crippen LogP contribution in [0.3, 0.4) is 0 Å². The Morgan fingerprint density at radius 1 is 1.03 bits per heavy atom. The second-order valence-electron chi connectivity index (χ2n) is 9.06. The average Bonchev–Trinajstić information content (AvgIpc) is 3.67. The van der Waals surface area contributed by atoms with Crippen LogP contribution in [0.2, 0.25) is 5.02 Å². The standard InChI is InChI=1S/C24H24ClN7O2S2/c25-15-1-8-20-19(13-15)21-22(29-20)26-14-27-23(21)31-9-11-32(12-10-31)24(35)28-16-2-4-17(5-3-16)30-36(33,34)18-6-7-18/h1-5,8,13-14,18,30H,6-7,9-12H2,(H,28,35)(H,26,27,29). The van der Waals surface area contributed by atoms with Crippen LogP contribution in [0, 0.1) is 0 Å². The molecule has 2 aromatic heterocycles. The first-order chi connectivity index (χ1) is 17.4. The highest BCUT2D eigenvalue weighted by molar-refractivity contribution is 7.93. The van der Waals surface area contributed by atoms with Crippen molar-refractivity contribution in [2.75, 3.05) is 41.1 Å². The second kappa shape index (κ2) is 9.06. The number of halogens is 1. The van der Waals surface area contributed by atoms with E-state index in [2.05, 4.69) is 34.8 Å². The number of thiocarbonyl (C=S) groups is 1. The summed E-state index contributed by atoms with van der Waals surface area (Å²) in [6, 6.07) is 12.9. The molecule has 4 aromatic rings. The quantitative estimate of drug-likeness (QED) is 0.323. The zero-order valence-corrected chi connectivity index (χ0v) is 21.6. The van der Waals surface area contributed by atoms with E-state index in [4.69, 9.17) is 23.8 Å². The fraction of sp³-hybridized carbons (Fsp3) is 0.292. The smallest absolute Gasteiger partial charge is 0.235 e. The zero-order chi connectivity index (χ0) is 24.9. The minimum atomic E-state index is -3.27. The number of H-pyrrole nitrogens is 1. The maximum absolute atomic E-state index is 12.1. The fourth-order valence-corrected chi connectivity index (χ4v) is 6.35. The largest absolute Gasteiger partial charge is 0.352 e. The maximum Gasteiger partial charge on any atom is 0.235 e. The molecule has 0 spiro atoms. The van der Waals surface area contributed by atoms with Gasteiger partial charge in [-0.2, -0.15) is 0 Å². The number of anilines is 3. The van der Waals surface area contributed by atoms with Crippen molar-refractivity contribution in [3.63, 3.8) is 0 Å². The van der Waals surface area contributed by atoms with Crippen LogP contribution in [0.1, 0.15) is 12.8 Å². The highest BCUT2D eigenvalue weighted by Gasteiger charge is 2.35. The SMILES string of the molecule is O=S(=O)(Nc1ccc(NC(=S)N2CCN(c3ncnc4[nH]c5ccc(Cl)cc5c34)CC2)cc1)C1CC1. The molecule has 186 valence electrons. The highest BCUT2D eigenvalue weighted by atomic mass is 35.5. The molecule has 1 saturated carbocycles. The molecule has 9 nitrogen and oxygen atoms in total.